The normalized spacial score (nSPS) is 10.8. The van der Waals surface area contributed by atoms with E-state index in [4.69, 9.17) is 9.15 Å². The minimum absolute atomic E-state index is 0.0725. The zero-order valence-corrected chi connectivity index (χ0v) is 19.3. The van der Waals surface area contributed by atoms with Crippen LogP contribution in [0.3, 0.4) is 0 Å². The van der Waals surface area contributed by atoms with Gasteiger partial charge in [0, 0.05) is 23.7 Å². The number of benzene rings is 3. The van der Waals surface area contributed by atoms with Crippen LogP contribution in [-0.4, -0.2) is 41.2 Å². The van der Waals surface area contributed by atoms with Gasteiger partial charge in [-0.3, -0.25) is 4.79 Å². The Bertz CT molecular complexity index is 1240. The van der Waals surface area contributed by atoms with Crippen molar-refractivity contribution in [3.63, 3.8) is 0 Å². The van der Waals surface area contributed by atoms with Crippen LogP contribution in [0.25, 0.3) is 22.9 Å². The lowest BCUT2D eigenvalue weighted by Crippen LogP contribution is -2.30. The quantitative estimate of drug-likeness (QED) is 0.380. The SMILES string of the molecule is Cc1cc(C)cc(OCCN(C)C(=O)c2ccc(-c3nnc(-c4ccccc4C)o3)cc2)c1. The maximum absolute atomic E-state index is 12.8. The first-order chi connectivity index (χ1) is 15.9. The second kappa shape index (κ2) is 9.69. The average Bonchev–Trinajstić information content (AvgIpc) is 3.28. The number of aryl methyl sites for hydroxylation is 3. The van der Waals surface area contributed by atoms with E-state index < -0.39 is 0 Å². The Morgan fingerprint density at radius 3 is 2.27 bits per heavy atom. The number of amides is 1. The molecule has 0 atom stereocenters. The molecule has 168 valence electrons. The van der Waals surface area contributed by atoms with Crippen LogP contribution in [-0.2, 0) is 0 Å². The Kier molecular flexibility index (Phi) is 6.54. The number of hydrogen-bond acceptors (Lipinski definition) is 5. The maximum atomic E-state index is 12.8. The summed E-state index contributed by atoms with van der Waals surface area (Å²) < 4.78 is 11.7. The van der Waals surface area contributed by atoms with Crippen LogP contribution in [0.5, 0.6) is 5.75 Å². The van der Waals surface area contributed by atoms with E-state index in [1.54, 1.807) is 24.1 Å². The standard InChI is InChI=1S/C27H27N3O3/c1-18-15-19(2)17-23(16-18)32-14-13-30(4)27(31)22-11-9-21(10-12-22)25-28-29-26(33-25)24-8-6-5-7-20(24)3/h5-12,15-17H,13-14H2,1-4H3. The largest absolute Gasteiger partial charge is 0.492 e. The summed E-state index contributed by atoms with van der Waals surface area (Å²) in [6.07, 6.45) is 0. The smallest absolute Gasteiger partial charge is 0.253 e. The third kappa shape index (κ3) is 5.29. The highest BCUT2D eigenvalue weighted by Crippen LogP contribution is 2.26. The van der Waals surface area contributed by atoms with Crippen molar-refractivity contribution in [3.05, 3.63) is 89.0 Å². The van der Waals surface area contributed by atoms with Gasteiger partial charge in [-0.2, -0.15) is 0 Å². The first kappa shape index (κ1) is 22.3. The van der Waals surface area contributed by atoms with Crippen molar-refractivity contribution in [2.45, 2.75) is 20.8 Å². The highest BCUT2D eigenvalue weighted by Gasteiger charge is 2.15. The maximum Gasteiger partial charge on any atom is 0.253 e. The average molecular weight is 442 g/mol. The number of carbonyl (C=O) groups is 1. The van der Waals surface area contributed by atoms with E-state index in [2.05, 4.69) is 16.3 Å². The van der Waals surface area contributed by atoms with Crippen LogP contribution in [0, 0.1) is 20.8 Å². The van der Waals surface area contributed by atoms with E-state index in [9.17, 15) is 4.79 Å². The Morgan fingerprint density at radius 2 is 1.58 bits per heavy atom. The van der Waals surface area contributed by atoms with Gasteiger partial charge in [0.25, 0.3) is 5.91 Å². The van der Waals surface area contributed by atoms with Gasteiger partial charge >= 0.3 is 0 Å². The molecule has 4 aromatic rings. The lowest BCUT2D eigenvalue weighted by Gasteiger charge is -2.18. The molecule has 0 fully saturated rings. The number of hydrogen-bond donors (Lipinski definition) is 0. The monoisotopic (exact) mass is 441 g/mol. The second-order valence-electron chi connectivity index (χ2n) is 8.20. The van der Waals surface area contributed by atoms with Crippen LogP contribution in [0.15, 0.2) is 71.1 Å². The van der Waals surface area contributed by atoms with Gasteiger partial charge in [-0.25, -0.2) is 0 Å². The molecule has 4 rings (SSSR count). The zero-order valence-electron chi connectivity index (χ0n) is 19.3. The molecule has 0 aliphatic carbocycles. The van der Waals surface area contributed by atoms with E-state index in [0.29, 0.717) is 30.5 Å². The Morgan fingerprint density at radius 1 is 0.909 bits per heavy atom. The minimum atomic E-state index is -0.0725. The minimum Gasteiger partial charge on any atom is -0.492 e. The molecule has 1 aromatic heterocycles. The molecule has 1 amide bonds. The van der Waals surface area contributed by atoms with Crippen molar-refractivity contribution in [2.24, 2.45) is 0 Å². The van der Waals surface area contributed by atoms with Gasteiger partial charge in [-0.15, -0.1) is 10.2 Å². The summed E-state index contributed by atoms with van der Waals surface area (Å²) in [6.45, 7) is 6.99. The van der Waals surface area contributed by atoms with E-state index in [0.717, 1.165) is 33.6 Å². The van der Waals surface area contributed by atoms with Gasteiger partial charge in [0.15, 0.2) is 0 Å². The Labute approximate surface area is 193 Å². The molecule has 6 nitrogen and oxygen atoms in total. The molecule has 0 N–H and O–H groups in total. The van der Waals surface area contributed by atoms with Gasteiger partial charge < -0.3 is 14.1 Å². The molecule has 6 heteroatoms. The van der Waals surface area contributed by atoms with E-state index in [1.165, 1.54) is 0 Å². The van der Waals surface area contributed by atoms with Crippen molar-refractivity contribution in [2.75, 3.05) is 20.2 Å². The van der Waals surface area contributed by atoms with Crippen molar-refractivity contribution in [1.29, 1.82) is 0 Å². The fourth-order valence-electron chi connectivity index (χ4n) is 3.66. The molecule has 0 aliphatic heterocycles. The lowest BCUT2D eigenvalue weighted by atomic mass is 10.1. The van der Waals surface area contributed by atoms with Crippen LogP contribution < -0.4 is 4.74 Å². The number of ether oxygens (including phenoxy) is 1. The number of aromatic nitrogens is 2. The predicted molar refractivity (Wildman–Crippen MR) is 128 cm³/mol. The van der Waals surface area contributed by atoms with Gasteiger partial charge in [-0.05, 0) is 79.9 Å². The third-order valence-corrected chi connectivity index (χ3v) is 5.42. The van der Waals surface area contributed by atoms with Crippen LogP contribution in [0.1, 0.15) is 27.0 Å². The summed E-state index contributed by atoms with van der Waals surface area (Å²) in [4.78, 5) is 14.4. The predicted octanol–water partition coefficient (Wildman–Crippen LogP) is 5.48. The van der Waals surface area contributed by atoms with E-state index >= 15 is 0 Å². The van der Waals surface area contributed by atoms with Crippen LogP contribution in [0.4, 0.5) is 0 Å². The molecule has 0 aliphatic rings. The molecule has 0 saturated heterocycles. The van der Waals surface area contributed by atoms with Gasteiger partial charge in [0.05, 0.1) is 6.54 Å². The highest BCUT2D eigenvalue weighted by atomic mass is 16.5. The van der Waals surface area contributed by atoms with Crippen molar-refractivity contribution in [3.8, 4) is 28.7 Å². The van der Waals surface area contributed by atoms with Crippen molar-refractivity contribution < 1.29 is 13.9 Å². The zero-order chi connectivity index (χ0) is 23.4. The molecule has 0 spiro atoms. The summed E-state index contributed by atoms with van der Waals surface area (Å²) in [5.41, 5.74) is 5.64. The lowest BCUT2D eigenvalue weighted by molar-refractivity contribution is 0.0773. The fourth-order valence-corrected chi connectivity index (χ4v) is 3.66. The number of rotatable bonds is 7. The molecule has 1 heterocycles. The Hall–Kier alpha value is -3.93. The topological polar surface area (TPSA) is 68.5 Å². The molecular formula is C27H27N3O3. The summed E-state index contributed by atoms with van der Waals surface area (Å²) in [5.74, 6) is 1.65. The van der Waals surface area contributed by atoms with Crippen LogP contribution in [0.2, 0.25) is 0 Å². The number of carbonyl (C=O) groups excluding carboxylic acids is 1. The summed E-state index contributed by atoms with van der Waals surface area (Å²) in [5, 5.41) is 8.34. The molecule has 0 radical (unpaired) electrons. The molecule has 0 unspecified atom stereocenters. The molecule has 33 heavy (non-hydrogen) atoms. The first-order valence-corrected chi connectivity index (χ1v) is 10.9. The summed E-state index contributed by atoms with van der Waals surface area (Å²) in [6, 6.07) is 21.2. The van der Waals surface area contributed by atoms with E-state index in [1.807, 2.05) is 69.3 Å². The van der Waals surface area contributed by atoms with Crippen LogP contribution >= 0.6 is 0 Å². The molecule has 0 saturated carbocycles. The van der Waals surface area contributed by atoms with Gasteiger partial charge in [-0.1, -0.05) is 24.3 Å². The summed E-state index contributed by atoms with van der Waals surface area (Å²) >= 11 is 0. The molecular weight excluding hydrogens is 414 g/mol. The first-order valence-electron chi connectivity index (χ1n) is 10.9. The number of nitrogens with zero attached hydrogens (tertiary/aromatic N) is 3. The summed E-state index contributed by atoms with van der Waals surface area (Å²) in [7, 11) is 1.77. The number of likely N-dealkylation sites (N-methyl/N-ethyl adjacent to an activating group) is 1. The van der Waals surface area contributed by atoms with Crippen molar-refractivity contribution in [1.82, 2.24) is 15.1 Å². The molecule has 0 bridgehead atoms. The Balaban J connectivity index is 1.37. The van der Waals surface area contributed by atoms with Gasteiger partial charge in [0.1, 0.15) is 12.4 Å². The fraction of sp³-hybridized carbons (Fsp3) is 0.222. The van der Waals surface area contributed by atoms with Gasteiger partial charge in [0.2, 0.25) is 11.8 Å². The third-order valence-electron chi connectivity index (χ3n) is 5.42. The molecule has 3 aromatic carbocycles. The van der Waals surface area contributed by atoms with E-state index in [-0.39, 0.29) is 5.91 Å². The second-order valence-corrected chi connectivity index (χ2v) is 8.20. The van der Waals surface area contributed by atoms with Crippen molar-refractivity contribution >= 4 is 5.91 Å². The highest BCUT2D eigenvalue weighted by molar-refractivity contribution is 5.94.